The number of rotatable bonds is 3. The van der Waals surface area contributed by atoms with Gasteiger partial charge in [0.25, 0.3) is 0 Å². The van der Waals surface area contributed by atoms with Crippen molar-refractivity contribution in [3.63, 3.8) is 0 Å². The molecule has 0 radical (unpaired) electrons. The fourth-order valence-corrected chi connectivity index (χ4v) is 10.3. The van der Waals surface area contributed by atoms with E-state index in [1.807, 2.05) is 0 Å². The van der Waals surface area contributed by atoms with Crippen LogP contribution in [0.4, 0.5) is 0 Å². The Morgan fingerprint density at radius 2 is 1.73 bits per heavy atom. The minimum Gasteiger partial charge on any atom is -0.0993 e. The molecule has 0 spiro atoms. The molecule has 0 heterocycles. The first-order chi connectivity index (χ1) is 13.9. The summed E-state index contributed by atoms with van der Waals surface area (Å²) in [6.45, 7) is 29.4. The Bertz CT molecular complexity index is 840. The third kappa shape index (κ3) is 2.20. The highest BCUT2D eigenvalue weighted by Gasteiger charge is 2.74. The number of hydrogen-bond acceptors (Lipinski definition) is 0. The van der Waals surface area contributed by atoms with Gasteiger partial charge in [0.15, 0.2) is 0 Å². The number of hydrogen-bond donors (Lipinski definition) is 0. The van der Waals surface area contributed by atoms with Crippen LogP contribution in [-0.4, -0.2) is 0 Å². The van der Waals surface area contributed by atoms with E-state index in [4.69, 9.17) is 0 Å². The minimum absolute atomic E-state index is 0.126. The zero-order chi connectivity index (χ0) is 22.3. The molecule has 8 atom stereocenters. The van der Waals surface area contributed by atoms with E-state index < -0.39 is 0 Å². The molecule has 4 rings (SSSR count). The van der Waals surface area contributed by atoms with Crippen molar-refractivity contribution in [1.82, 2.24) is 0 Å². The first-order valence-electron chi connectivity index (χ1n) is 12.7. The fraction of sp³-hybridized carbons (Fsp3) is 0.733. The third-order valence-electron chi connectivity index (χ3n) is 12.0. The largest absolute Gasteiger partial charge is 0.0993 e. The highest BCUT2D eigenvalue weighted by molar-refractivity contribution is 5.47. The molecule has 0 aliphatic heterocycles. The Morgan fingerprint density at radius 3 is 2.33 bits per heavy atom. The predicted octanol–water partition coefficient (Wildman–Crippen LogP) is 8.92. The maximum Gasteiger partial charge on any atom is 0.0133 e. The summed E-state index contributed by atoms with van der Waals surface area (Å²) in [6.07, 6.45) is 15.0. The highest BCUT2D eigenvalue weighted by atomic mass is 14.8. The molecule has 0 aromatic carbocycles. The Hall–Kier alpha value is -1.04. The Kier molecular flexibility index (Phi) is 4.79. The highest BCUT2D eigenvalue weighted by Crippen LogP contribution is 2.81. The molecule has 0 nitrogen and oxygen atoms in total. The van der Waals surface area contributed by atoms with E-state index in [1.54, 1.807) is 5.57 Å². The van der Waals surface area contributed by atoms with E-state index in [0.29, 0.717) is 28.1 Å². The molecule has 30 heavy (non-hydrogen) atoms. The average Bonchev–Trinajstić information content (AvgIpc) is 3.00. The maximum absolute atomic E-state index is 4.68. The van der Waals surface area contributed by atoms with Gasteiger partial charge in [-0.2, -0.15) is 0 Å². The Balaban J connectivity index is 1.92. The van der Waals surface area contributed by atoms with Gasteiger partial charge in [0.05, 0.1) is 0 Å². The SMILES string of the molecule is C=C1C=CC2(C)C(=C1)[C@@H](C)CC1(C)C3CC[C@](CC)(C(=C)CC)C3(C)CC(C)C21C. The number of allylic oxidation sites excluding steroid dienone is 6. The summed E-state index contributed by atoms with van der Waals surface area (Å²) in [5.41, 5.74) is 5.75. The van der Waals surface area contributed by atoms with Gasteiger partial charge in [-0.25, -0.2) is 0 Å². The van der Waals surface area contributed by atoms with E-state index in [2.05, 4.69) is 86.8 Å². The lowest BCUT2D eigenvalue weighted by molar-refractivity contribution is -0.211. The lowest BCUT2D eigenvalue weighted by atomic mass is 9.31. The van der Waals surface area contributed by atoms with Crippen LogP contribution in [-0.2, 0) is 0 Å². The van der Waals surface area contributed by atoms with Crippen LogP contribution in [0.3, 0.4) is 0 Å². The molecule has 166 valence electrons. The molecule has 0 aromatic heterocycles. The molecule has 0 bridgehead atoms. The van der Waals surface area contributed by atoms with Gasteiger partial charge < -0.3 is 0 Å². The topological polar surface area (TPSA) is 0 Å². The molecule has 3 fully saturated rings. The first-order valence-corrected chi connectivity index (χ1v) is 12.7. The van der Waals surface area contributed by atoms with Crippen molar-refractivity contribution < 1.29 is 0 Å². The minimum atomic E-state index is 0.126. The second kappa shape index (κ2) is 6.49. The van der Waals surface area contributed by atoms with Gasteiger partial charge in [0.2, 0.25) is 0 Å². The van der Waals surface area contributed by atoms with Crippen LogP contribution in [0.25, 0.3) is 0 Å². The van der Waals surface area contributed by atoms with Gasteiger partial charge in [-0.3, -0.25) is 0 Å². The van der Waals surface area contributed by atoms with Gasteiger partial charge in [-0.1, -0.05) is 97.9 Å². The van der Waals surface area contributed by atoms with Crippen molar-refractivity contribution in [3.8, 4) is 0 Å². The second-order valence-electron chi connectivity index (χ2n) is 12.4. The molecule has 0 amide bonds. The maximum atomic E-state index is 4.68. The van der Waals surface area contributed by atoms with Crippen molar-refractivity contribution in [3.05, 3.63) is 48.1 Å². The predicted molar refractivity (Wildman–Crippen MR) is 131 cm³/mol. The van der Waals surface area contributed by atoms with Crippen molar-refractivity contribution in [2.24, 2.45) is 44.8 Å². The summed E-state index contributed by atoms with van der Waals surface area (Å²) >= 11 is 0. The van der Waals surface area contributed by atoms with Crippen LogP contribution in [0.15, 0.2) is 48.1 Å². The Morgan fingerprint density at radius 1 is 1.07 bits per heavy atom. The average molecular weight is 407 g/mol. The normalized spacial score (nSPS) is 52.3. The third-order valence-corrected chi connectivity index (χ3v) is 12.0. The summed E-state index contributed by atoms with van der Waals surface area (Å²) in [5, 5.41) is 0. The standard InChI is InChI=1S/C30H46/c1-11-22(5)30(12-2)16-14-25-27(8)18-21(4)24-17-20(3)13-15-26(24,7)29(27,10)23(6)19-28(25,30)9/h13,15,17,21,23,25H,3,5,11-12,14,16,18-19H2,1-2,4,6-10H3/t21-,23?,25?,26?,27?,28?,29?,30+/m0/s1. The first kappa shape index (κ1) is 22.2. The van der Waals surface area contributed by atoms with Crippen molar-refractivity contribution in [2.75, 3.05) is 0 Å². The Labute approximate surface area is 187 Å². The summed E-state index contributed by atoms with van der Waals surface area (Å²) in [6, 6.07) is 0. The van der Waals surface area contributed by atoms with Crippen LogP contribution >= 0.6 is 0 Å². The van der Waals surface area contributed by atoms with Crippen LogP contribution in [0, 0.1) is 44.8 Å². The lowest BCUT2D eigenvalue weighted by Crippen LogP contribution is -2.67. The number of fused-ring (bicyclic) bond motifs is 5. The summed E-state index contributed by atoms with van der Waals surface area (Å²) in [7, 11) is 0. The van der Waals surface area contributed by atoms with Gasteiger partial charge in [-0.05, 0) is 83.5 Å². The molecule has 4 aliphatic rings. The summed E-state index contributed by atoms with van der Waals surface area (Å²) < 4.78 is 0. The molecule has 0 heteroatoms. The van der Waals surface area contributed by atoms with Crippen molar-refractivity contribution >= 4 is 0 Å². The molecular weight excluding hydrogens is 360 g/mol. The molecule has 0 saturated heterocycles. The monoisotopic (exact) mass is 406 g/mol. The van der Waals surface area contributed by atoms with Gasteiger partial charge in [-0.15, -0.1) is 0 Å². The van der Waals surface area contributed by atoms with Gasteiger partial charge in [0.1, 0.15) is 0 Å². The molecule has 0 N–H and O–H groups in total. The molecule has 6 unspecified atom stereocenters. The quantitative estimate of drug-likeness (QED) is 0.410. The van der Waals surface area contributed by atoms with Crippen LogP contribution in [0.5, 0.6) is 0 Å². The van der Waals surface area contributed by atoms with Gasteiger partial charge >= 0.3 is 0 Å². The van der Waals surface area contributed by atoms with E-state index in [-0.39, 0.29) is 10.8 Å². The van der Waals surface area contributed by atoms with E-state index in [0.717, 1.165) is 12.3 Å². The lowest BCUT2D eigenvalue weighted by Gasteiger charge is -2.73. The van der Waals surface area contributed by atoms with Crippen molar-refractivity contribution in [2.45, 2.75) is 93.9 Å². The van der Waals surface area contributed by atoms with Crippen molar-refractivity contribution in [1.29, 1.82) is 0 Å². The fourth-order valence-electron chi connectivity index (χ4n) is 10.3. The van der Waals surface area contributed by atoms with Crippen LogP contribution in [0.2, 0.25) is 0 Å². The summed E-state index contributed by atoms with van der Waals surface area (Å²) in [5.74, 6) is 2.07. The molecular formula is C30H46. The van der Waals surface area contributed by atoms with E-state index >= 15 is 0 Å². The summed E-state index contributed by atoms with van der Waals surface area (Å²) in [4.78, 5) is 0. The van der Waals surface area contributed by atoms with E-state index in [1.165, 1.54) is 43.3 Å². The van der Waals surface area contributed by atoms with Crippen LogP contribution < -0.4 is 0 Å². The molecule has 0 aromatic rings. The zero-order valence-electron chi connectivity index (χ0n) is 21.1. The smallest absolute Gasteiger partial charge is 0.0133 e. The zero-order valence-corrected chi connectivity index (χ0v) is 21.1. The second-order valence-corrected chi connectivity index (χ2v) is 12.4. The molecule has 4 aliphatic carbocycles. The van der Waals surface area contributed by atoms with E-state index in [9.17, 15) is 0 Å². The van der Waals surface area contributed by atoms with Crippen LogP contribution in [0.1, 0.15) is 93.9 Å². The van der Waals surface area contributed by atoms with Gasteiger partial charge in [0, 0.05) is 5.41 Å². The molecule has 3 saturated carbocycles.